The molecule has 1 atom stereocenters. The molecule has 228 valence electrons. The van der Waals surface area contributed by atoms with Gasteiger partial charge < -0.3 is 9.32 Å². The quantitative estimate of drug-likeness (QED) is 0.193. The Kier molecular flexibility index (Phi) is 6.68. The van der Waals surface area contributed by atoms with Crippen molar-refractivity contribution >= 4 is 44.3 Å². The van der Waals surface area contributed by atoms with E-state index in [-0.39, 0.29) is 6.17 Å². The molecule has 2 heterocycles. The molecule has 0 fully saturated rings. The Balaban J connectivity index is 1.29. The molecule has 0 saturated carbocycles. The molecule has 0 saturated heterocycles. The number of oxazole rings is 1. The van der Waals surface area contributed by atoms with Gasteiger partial charge in [-0.2, -0.15) is 0 Å². The van der Waals surface area contributed by atoms with Crippen LogP contribution in [0.1, 0.15) is 22.9 Å². The van der Waals surface area contributed by atoms with Crippen molar-refractivity contribution in [3.8, 4) is 22.6 Å². The maximum atomic E-state index is 6.26. The summed E-state index contributed by atoms with van der Waals surface area (Å²) in [6.45, 7) is 0. The van der Waals surface area contributed by atoms with E-state index >= 15 is 0 Å². The average Bonchev–Trinajstić information content (AvgIpc) is 3.59. The van der Waals surface area contributed by atoms with E-state index in [1.54, 1.807) is 0 Å². The number of aliphatic imine (C=N–C) groups is 2. The molecule has 8 aromatic rings. The van der Waals surface area contributed by atoms with Crippen molar-refractivity contribution in [3.63, 3.8) is 0 Å². The highest BCUT2D eigenvalue weighted by Gasteiger charge is 2.30. The van der Waals surface area contributed by atoms with Gasteiger partial charge in [0.05, 0.1) is 0 Å². The van der Waals surface area contributed by atoms with Crippen LogP contribution in [-0.2, 0) is 0 Å². The normalized spacial score (nSPS) is 14.8. The van der Waals surface area contributed by atoms with Gasteiger partial charge in [0.2, 0.25) is 5.89 Å². The minimum atomic E-state index is -0.343. The summed E-state index contributed by atoms with van der Waals surface area (Å²) in [5, 5.41) is 4.52. The Labute approximate surface area is 278 Å². The molecule has 5 heteroatoms. The van der Waals surface area contributed by atoms with Gasteiger partial charge in [-0.15, -0.1) is 0 Å². The predicted molar refractivity (Wildman–Crippen MR) is 196 cm³/mol. The van der Waals surface area contributed by atoms with Crippen LogP contribution < -0.4 is 0 Å². The molecule has 1 aliphatic rings. The standard InChI is InChI=1S/C43H30N4O/c1-47-41(30-17-6-3-7-18-30)45-40(29-15-4-2-5-16-29)46-42(47)39-31-19-9-8-14-28(31)24-25-35(39)34-26-27-36(33-21-11-10-20-32(33)34)43-44-37-22-12-13-23-38(37)48-43/h2-27,42H,1H3. The topological polar surface area (TPSA) is 54.0 Å². The molecule has 48 heavy (non-hydrogen) atoms. The number of benzene rings is 7. The highest BCUT2D eigenvalue weighted by molar-refractivity contribution is 6.13. The lowest BCUT2D eigenvalue weighted by Crippen LogP contribution is -2.36. The van der Waals surface area contributed by atoms with Crippen molar-refractivity contribution in [2.24, 2.45) is 9.98 Å². The lowest BCUT2D eigenvalue weighted by molar-refractivity contribution is 0.386. The lowest BCUT2D eigenvalue weighted by Gasteiger charge is -2.34. The third-order valence-electron chi connectivity index (χ3n) is 9.19. The number of rotatable bonds is 5. The lowest BCUT2D eigenvalue weighted by atomic mass is 9.88. The first-order valence-corrected chi connectivity index (χ1v) is 16.1. The largest absolute Gasteiger partial charge is 0.436 e. The second kappa shape index (κ2) is 11.5. The van der Waals surface area contributed by atoms with Gasteiger partial charge in [0.25, 0.3) is 0 Å². The van der Waals surface area contributed by atoms with E-state index in [0.717, 1.165) is 71.9 Å². The van der Waals surface area contributed by atoms with E-state index in [1.165, 1.54) is 0 Å². The van der Waals surface area contributed by atoms with Crippen LogP contribution in [-0.4, -0.2) is 28.6 Å². The summed E-state index contributed by atoms with van der Waals surface area (Å²) >= 11 is 0. The average molecular weight is 619 g/mol. The molecule has 0 radical (unpaired) electrons. The van der Waals surface area contributed by atoms with Crippen LogP contribution in [0.3, 0.4) is 0 Å². The highest BCUT2D eigenvalue weighted by Crippen LogP contribution is 2.43. The summed E-state index contributed by atoms with van der Waals surface area (Å²) in [5.41, 5.74) is 8.00. The van der Waals surface area contributed by atoms with Crippen LogP contribution in [0.15, 0.2) is 172 Å². The van der Waals surface area contributed by atoms with Crippen molar-refractivity contribution < 1.29 is 4.42 Å². The van der Waals surface area contributed by atoms with Crippen LogP contribution in [0.4, 0.5) is 0 Å². The van der Waals surface area contributed by atoms with Crippen molar-refractivity contribution in [2.75, 3.05) is 7.05 Å². The van der Waals surface area contributed by atoms with Crippen molar-refractivity contribution in [1.29, 1.82) is 0 Å². The zero-order chi connectivity index (χ0) is 32.0. The molecule has 1 unspecified atom stereocenters. The Morgan fingerprint density at radius 2 is 1.15 bits per heavy atom. The number of hydrogen-bond donors (Lipinski definition) is 0. The Bertz CT molecular complexity index is 2500. The first-order valence-electron chi connectivity index (χ1n) is 16.1. The first kappa shape index (κ1) is 27.9. The van der Waals surface area contributed by atoms with E-state index in [1.807, 2.05) is 48.5 Å². The molecule has 0 aliphatic carbocycles. The van der Waals surface area contributed by atoms with Crippen LogP contribution in [0.2, 0.25) is 0 Å². The molecule has 1 aliphatic heterocycles. The number of aromatic nitrogens is 1. The summed E-state index contributed by atoms with van der Waals surface area (Å²) in [7, 11) is 2.10. The van der Waals surface area contributed by atoms with E-state index in [2.05, 4.69) is 121 Å². The molecular formula is C43H30N4O. The second-order valence-corrected chi connectivity index (χ2v) is 12.0. The molecule has 0 bridgehead atoms. The fourth-order valence-electron chi connectivity index (χ4n) is 6.88. The number of para-hydroxylation sites is 2. The zero-order valence-corrected chi connectivity index (χ0v) is 26.3. The van der Waals surface area contributed by atoms with Gasteiger partial charge in [-0.25, -0.2) is 15.0 Å². The van der Waals surface area contributed by atoms with E-state index in [4.69, 9.17) is 19.4 Å². The van der Waals surface area contributed by atoms with Gasteiger partial charge >= 0.3 is 0 Å². The summed E-state index contributed by atoms with van der Waals surface area (Å²) in [4.78, 5) is 17.6. The third-order valence-corrected chi connectivity index (χ3v) is 9.19. The van der Waals surface area contributed by atoms with Crippen LogP contribution in [0, 0.1) is 0 Å². The number of amidine groups is 2. The maximum absolute atomic E-state index is 6.26. The van der Waals surface area contributed by atoms with Gasteiger partial charge in [0.15, 0.2) is 17.6 Å². The monoisotopic (exact) mass is 618 g/mol. The predicted octanol–water partition coefficient (Wildman–Crippen LogP) is 10.3. The molecule has 0 amide bonds. The molecule has 0 N–H and O–H groups in total. The fraction of sp³-hybridized carbons (Fsp3) is 0.0465. The Hall–Kier alpha value is -6.33. The van der Waals surface area contributed by atoms with Crippen molar-refractivity contribution in [3.05, 3.63) is 174 Å². The van der Waals surface area contributed by atoms with Gasteiger partial charge in [-0.1, -0.05) is 140 Å². The van der Waals surface area contributed by atoms with Gasteiger partial charge in [-0.05, 0) is 50.9 Å². The third kappa shape index (κ3) is 4.67. The Morgan fingerprint density at radius 1 is 0.542 bits per heavy atom. The maximum Gasteiger partial charge on any atom is 0.227 e. The number of nitrogens with zero attached hydrogens (tertiary/aromatic N) is 4. The summed E-state index contributed by atoms with van der Waals surface area (Å²) in [6.07, 6.45) is -0.343. The van der Waals surface area contributed by atoms with Gasteiger partial charge in [0, 0.05) is 29.3 Å². The van der Waals surface area contributed by atoms with E-state index in [0.29, 0.717) is 11.7 Å². The smallest absolute Gasteiger partial charge is 0.227 e. The minimum absolute atomic E-state index is 0.343. The zero-order valence-electron chi connectivity index (χ0n) is 26.3. The van der Waals surface area contributed by atoms with Gasteiger partial charge in [-0.3, -0.25) is 0 Å². The molecule has 5 nitrogen and oxygen atoms in total. The first-order chi connectivity index (χ1) is 23.7. The molecule has 0 spiro atoms. The van der Waals surface area contributed by atoms with E-state index < -0.39 is 0 Å². The van der Waals surface area contributed by atoms with Crippen LogP contribution in [0.5, 0.6) is 0 Å². The summed E-state index contributed by atoms with van der Waals surface area (Å²) < 4.78 is 6.26. The second-order valence-electron chi connectivity index (χ2n) is 12.0. The SMILES string of the molecule is CN1C(c2ccccc2)=NC(c2ccccc2)=NC1c1c(-c2ccc(-c3nc4ccccc4o3)c3ccccc23)ccc2ccccc12. The van der Waals surface area contributed by atoms with Crippen LogP contribution >= 0.6 is 0 Å². The number of fused-ring (bicyclic) bond motifs is 3. The van der Waals surface area contributed by atoms with Crippen molar-refractivity contribution in [2.45, 2.75) is 6.17 Å². The molecule has 7 aromatic carbocycles. The highest BCUT2D eigenvalue weighted by atomic mass is 16.3. The summed E-state index contributed by atoms with van der Waals surface area (Å²) in [5.74, 6) is 2.21. The summed E-state index contributed by atoms with van der Waals surface area (Å²) in [6, 6.07) is 54.5. The van der Waals surface area contributed by atoms with E-state index in [9.17, 15) is 0 Å². The number of hydrogen-bond acceptors (Lipinski definition) is 5. The fourth-order valence-corrected chi connectivity index (χ4v) is 6.88. The van der Waals surface area contributed by atoms with Crippen LogP contribution in [0.25, 0.3) is 55.2 Å². The van der Waals surface area contributed by atoms with Crippen molar-refractivity contribution in [1.82, 2.24) is 9.88 Å². The minimum Gasteiger partial charge on any atom is -0.436 e. The Morgan fingerprint density at radius 3 is 1.92 bits per heavy atom. The van der Waals surface area contributed by atoms with Gasteiger partial charge in [0.1, 0.15) is 11.4 Å². The molecule has 1 aromatic heterocycles. The molecular weight excluding hydrogens is 589 g/mol. The molecule has 9 rings (SSSR count).